The third kappa shape index (κ3) is 8.10. The molecule has 2 rings (SSSR count). The van der Waals surface area contributed by atoms with Crippen molar-refractivity contribution in [3.8, 4) is 5.75 Å². The van der Waals surface area contributed by atoms with Crippen LogP contribution in [-0.2, 0) is 25.5 Å². The van der Waals surface area contributed by atoms with Gasteiger partial charge in [-0.3, -0.25) is 8.98 Å². The van der Waals surface area contributed by atoms with Crippen LogP contribution in [-0.4, -0.2) is 39.0 Å². The Morgan fingerprint density at radius 2 is 1.83 bits per heavy atom. The first-order valence-electron chi connectivity index (χ1n) is 9.52. The zero-order chi connectivity index (χ0) is 22.4. The fourth-order valence-electron chi connectivity index (χ4n) is 3.08. The van der Waals surface area contributed by atoms with Crippen molar-refractivity contribution in [2.75, 3.05) is 19.1 Å². The van der Waals surface area contributed by atoms with E-state index in [2.05, 4.69) is 31.3 Å². The summed E-state index contributed by atoms with van der Waals surface area (Å²) >= 11 is 1.41. The first kappa shape index (κ1) is 24.4. The number of hydrogen-bond donors (Lipinski definition) is 1. The van der Waals surface area contributed by atoms with Crippen molar-refractivity contribution in [1.29, 1.82) is 0 Å². The molecule has 1 N–H and O–H groups in total. The van der Waals surface area contributed by atoms with Gasteiger partial charge in [-0.05, 0) is 49.8 Å². The molecule has 0 heterocycles. The van der Waals surface area contributed by atoms with Gasteiger partial charge in [0.2, 0.25) is 0 Å². The van der Waals surface area contributed by atoms with E-state index in [9.17, 15) is 13.2 Å². The number of thioether (sulfide) groups is 1. The third-order valence-electron chi connectivity index (χ3n) is 4.36. The number of ether oxygens (including phenoxy) is 1. The Labute approximate surface area is 183 Å². The van der Waals surface area contributed by atoms with Crippen LogP contribution in [0.15, 0.2) is 53.4 Å². The maximum absolute atomic E-state index is 11.9. The quantitative estimate of drug-likeness (QED) is 0.253. The summed E-state index contributed by atoms with van der Waals surface area (Å²) < 4.78 is 34.3. The van der Waals surface area contributed by atoms with Crippen LogP contribution >= 0.6 is 11.8 Å². The molecule has 1 atom stereocenters. The predicted octanol–water partition coefficient (Wildman–Crippen LogP) is 3.96. The van der Waals surface area contributed by atoms with Crippen molar-refractivity contribution in [2.45, 2.75) is 43.7 Å². The van der Waals surface area contributed by atoms with Crippen LogP contribution in [0.25, 0.3) is 0 Å². The molecule has 0 aliphatic carbocycles. The molecule has 30 heavy (non-hydrogen) atoms. The van der Waals surface area contributed by atoms with Crippen LogP contribution in [0, 0.1) is 0 Å². The topological polar surface area (TPSA) is 81.7 Å². The van der Waals surface area contributed by atoms with Gasteiger partial charge >= 0.3 is 5.97 Å². The van der Waals surface area contributed by atoms with Crippen LogP contribution in [0.4, 0.5) is 0 Å². The minimum absolute atomic E-state index is 0.277. The highest BCUT2D eigenvalue weighted by molar-refractivity contribution is 7.98. The maximum Gasteiger partial charge on any atom is 0.308 e. The molecule has 0 radical (unpaired) electrons. The highest BCUT2D eigenvalue weighted by Gasteiger charge is 2.24. The molecule has 0 spiro atoms. The van der Waals surface area contributed by atoms with Crippen molar-refractivity contribution in [2.24, 2.45) is 0 Å². The average molecular weight is 452 g/mol. The van der Waals surface area contributed by atoms with E-state index < -0.39 is 22.2 Å². The van der Waals surface area contributed by atoms with Gasteiger partial charge in [-0.1, -0.05) is 36.4 Å². The second-order valence-corrected chi connectivity index (χ2v) is 10.2. The fraction of sp³-hybridized carbons (Fsp3) is 0.409. The summed E-state index contributed by atoms with van der Waals surface area (Å²) in [6.45, 7) is 5.77. The van der Waals surface area contributed by atoms with Crippen molar-refractivity contribution in [3.05, 3.63) is 59.7 Å². The monoisotopic (exact) mass is 451 g/mol. The lowest BCUT2D eigenvalue weighted by Gasteiger charge is -2.29. The third-order valence-corrected chi connectivity index (χ3v) is 5.70. The van der Waals surface area contributed by atoms with E-state index in [1.54, 1.807) is 18.2 Å². The number of nitrogens with one attached hydrogen (secondary N) is 1. The van der Waals surface area contributed by atoms with E-state index in [1.807, 2.05) is 24.5 Å². The summed E-state index contributed by atoms with van der Waals surface area (Å²) in [6.07, 6.45) is 2.96. The van der Waals surface area contributed by atoms with Crippen LogP contribution in [0.1, 0.15) is 38.0 Å². The van der Waals surface area contributed by atoms with Crippen molar-refractivity contribution in [1.82, 2.24) is 5.32 Å². The first-order chi connectivity index (χ1) is 14.0. The van der Waals surface area contributed by atoms with Gasteiger partial charge in [0, 0.05) is 19.0 Å². The van der Waals surface area contributed by atoms with Gasteiger partial charge in [-0.15, -0.1) is 11.8 Å². The summed E-state index contributed by atoms with van der Waals surface area (Å²) in [5.74, 6) is 0.0283. The first-order valence-corrected chi connectivity index (χ1v) is 12.6. The fourth-order valence-corrected chi connectivity index (χ4v) is 4.25. The molecule has 1 unspecified atom stereocenters. The molecule has 6 nitrogen and oxygen atoms in total. The molecular weight excluding hydrogens is 422 g/mol. The molecule has 164 valence electrons. The van der Waals surface area contributed by atoms with E-state index in [-0.39, 0.29) is 5.54 Å². The second-order valence-electron chi connectivity index (χ2n) is 7.72. The highest BCUT2D eigenvalue weighted by atomic mass is 32.2. The molecule has 0 saturated carbocycles. The minimum Gasteiger partial charge on any atom is -0.426 e. The normalized spacial score (nSPS) is 13.1. The number of rotatable bonds is 10. The Balaban J connectivity index is 2.22. The van der Waals surface area contributed by atoms with Gasteiger partial charge in [0.1, 0.15) is 11.9 Å². The summed E-state index contributed by atoms with van der Waals surface area (Å²) in [5.41, 5.74) is 1.59. The zero-order valence-electron chi connectivity index (χ0n) is 18.0. The van der Waals surface area contributed by atoms with E-state index in [4.69, 9.17) is 8.92 Å². The Morgan fingerprint density at radius 3 is 2.40 bits per heavy atom. The average Bonchev–Trinajstić information content (AvgIpc) is 2.64. The Hall–Kier alpha value is -1.87. The summed E-state index contributed by atoms with van der Waals surface area (Å²) in [5, 5.41) is 3.43. The number of esters is 1. The number of carbonyl (C=O) groups is 1. The maximum atomic E-state index is 11.9. The Bertz CT molecular complexity index is 959. The second kappa shape index (κ2) is 10.4. The van der Waals surface area contributed by atoms with Crippen LogP contribution in [0.3, 0.4) is 0 Å². The van der Waals surface area contributed by atoms with Crippen molar-refractivity contribution < 1.29 is 22.1 Å². The van der Waals surface area contributed by atoms with Gasteiger partial charge in [0.15, 0.2) is 0 Å². The molecule has 2 aromatic carbocycles. The van der Waals surface area contributed by atoms with Crippen LogP contribution in [0.5, 0.6) is 5.75 Å². The SMILES string of the molecule is CSc1cc(C(CNC(C)(C)Cc2ccccc2)OS(C)(=O)=O)ccc1OC(C)=O. The standard InChI is InChI=1S/C22H29NO5S2/c1-16(24)27-19-12-11-18(13-21(19)29-4)20(28-30(5,25)26)15-23-22(2,3)14-17-9-7-6-8-10-17/h6-13,20,23H,14-15H2,1-5H3. The van der Waals surface area contributed by atoms with Gasteiger partial charge < -0.3 is 10.1 Å². The van der Waals surface area contributed by atoms with Crippen LogP contribution in [0.2, 0.25) is 0 Å². The Morgan fingerprint density at radius 1 is 1.17 bits per heavy atom. The summed E-state index contributed by atoms with van der Waals surface area (Å²) in [6, 6.07) is 15.3. The lowest BCUT2D eigenvalue weighted by Crippen LogP contribution is -2.44. The van der Waals surface area contributed by atoms with Gasteiger partial charge in [0.05, 0.1) is 11.2 Å². The molecule has 0 aliphatic rings. The molecule has 2 aromatic rings. The van der Waals surface area contributed by atoms with Gasteiger partial charge in [-0.25, -0.2) is 0 Å². The van der Waals surface area contributed by atoms with Crippen LogP contribution < -0.4 is 10.1 Å². The molecule has 8 heteroatoms. The number of carbonyl (C=O) groups excluding carboxylic acids is 1. The van der Waals surface area contributed by atoms with E-state index in [0.29, 0.717) is 17.9 Å². The highest BCUT2D eigenvalue weighted by Crippen LogP contribution is 2.32. The molecule has 0 aromatic heterocycles. The molecule has 0 fully saturated rings. The smallest absolute Gasteiger partial charge is 0.308 e. The van der Waals surface area contributed by atoms with E-state index in [1.165, 1.54) is 24.2 Å². The number of benzene rings is 2. The molecule has 0 aliphatic heterocycles. The predicted molar refractivity (Wildman–Crippen MR) is 120 cm³/mol. The minimum atomic E-state index is -3.68. The number of hydrogen-bond acceptors (Lipinski definition) is 7. The Kier molecular flexibility index (Phi) is 8.49. The molecule has 0 saturated heterocycles. The lowest BCUT2D eigenvalue weighted by molar-refractivity contribution is -0.132. The molecular formula is C22H29NO5S2. The zero-order valence-corrected chi connectivity index (χ0v) is 19.6. The molecule has 0 bridgehead atoms. The van der Waals surface area contributed by atoms with Crippen molar-refractivity contribution >= 4 is 27.8 Å². The van der Waals surface area contributed by atoms with E-state index >= 15 is 0 Å². The van der Waals surface area contributed by atoms with Gasteiger partial charge in [0.25, 0.3) is 10.1 Å². The lowest BCUT2D eigenvalue weighted by atomic mass is 9.94. The summed E-state index contributed by atoms with van der Waals surface area (Å²) in [4.78, 5) is 12.0. The van der Waals surface area contributed by atoms with Crippen molar-refractivity contribution in [3.63, 3.8) is 0 Å². The summed E-state index contributed by atoms with van der Waals surface area (Å²) in [7, 11) is -3.68. The largest absolute Gasteiger partial charge is 0.426 e. The molecule has 0 amide bonds. The van der Waals surface area contributed by atoms with E-state index in [0.717, 1.165) is 17.6 Å². The van der Waals surface area contributed by atoms with Gasteiger partial charge in [-0.2, -0.15) is 8.42 Å².